The molecule has 0 aliphatic rings. The van der Waals surface area contributed by atoms with Crippen LogP contribution in [0.1, 0.15) is 5.69 Å². The van der Waals surface area contributed by atoms with Crippen molar-refractivity contribution < 1.29 is 4.74 Å². The standard InChI is InChI=1S/C11H12Cl2N4O/c12-9-2-1-3-10(13)11(9)18-5-4-17-7-8(6-14)15-16-17/h1-3,7H,4-6,14H2. The SMILES string of the molecule is NCc1cn(CCOc2c(Cl)cccc2Cl)nn1. The summed E-state index contributed by atoms with van der Waals surface area (Å²) in [6, 6.07) is 5.22. The lowest BCUT2D eigenvalue weighted by molar-refractivity contribution is 0.290. The summed E-state index contributed by atoms with van der Waals surface area (Å²) < 4.78 is 7.19. The minimum atomic E-state index is 0.372. The van der Waals surface area contributed by atoms with Gasteiger partial charge in [0.05, 0.1) is 22.3 Å². The van der Waals surface area contributed by atoms with Gasteiger partial charge in [-0.3, -0.25) is 0 Å². The number of benzene rings is 1. The molecule has 0 saturated carbocycles. The summed E-state index contributed by atoms with van der Waals surface area (Å²) in [5.41, 5.74) is 6.18. The number of nitrogens with two attached hydrogens (primary N) is 1. The average molecular weight is 287 g/mol. The summed E-state index contributed by atoms with van der Waals surface area (Å²) in [7, 11) is 0. The van der Waals surface area contributed by atoms with Crippen LogP contribution < -0.4 is 10.5 Å². The van der Waals surface area contributed by atoms with Crippen LogP contribution >= 0.6 is 23.2 Å². The largest absolute Gasteiger partial charge is 0.489 e. The van der Waals surface area contributed by atoms with E-state index in [1.165, 1.54) is 0 Å². The highest BCUT2D eigenvalue weighted by Gasteiger charge is 2.06. The topological polar surface area (TPSA) is 66.0 Å². The zero-order valence-electron chi connectivity index (χ0n) is 9.51. The fourth-order valence-electron chi connectivity index (χ4n) is 1.40. The highest BCUT2D eigenvalue weighted by molar-refractivity contribution is 6.37. The number of aromatic nitrogens is 3. The molecular formula is C11H12Cl2N4O. The summed E-state index contributed by atoms with van der Waals surface area (Å²) >= 11 is 12.0. The first-order valence-electron chi connectivity index (χ1n) is 5.36. The molecule has 0 amide bonds. The second-order valence-corrected chi connectivity index (χ2v) is 4.39. The summed E-state index contributed by atoms with van der Waals surface area (Å²) in [6.45, 7) is 1.32. The highest BCUT2D eigenvalue weighted by atomic mass is 35.5. The van der Waals surface area contributed by atoms with Crippen LogP contribution in [-0.2, 0) is 13.1 Å². The summed E-state index contributed by atoms with van der Waals surface area (Å²) in [6.07, 6.45) is 1.78. The number of rotatable bonds is 5. The molecule has 0 fully saturated rings. The van der Waals surface area contributed by atoms with Gasteiger partial charge in [-0.25, -0.2) is 4.68 Å². The Bertz CT molecular complexity index is 509. The van der Waals surface area contributed by atoms with E-state index in [4.69, 9.17) is 33.7 Å². The third-order valence-electron chi connectivity index (χ3n) is 2.28. The molecule has 0 unspecified atom stereocenters. The zero-order chi connectivity index (χ0) is 13.0. The Labute approximate surface area is 114 Å². The van der Waals surface area contributed by atoms with E-state index >= 15 is 0 Å². The van der Waals surface area contributed by atoms with Crippen molar-refractivity contribution in [2.45, 2.75) is 13.1 Å². The van der Waals surface area contributed by atoms with E-state index in [2.05, 4.69) is 10.3 Å². The molecule has 1 aromatic carbocycles. The smallest absolute Gasteiger partial charge is 0.156 e. The predicted molar refractivity (Wildman–Crippen MR) is 69.9 cm³/mol. The van der Waals surface area contributed by atoms with Crippen molar-refractivity contribution in [3.63, 3.8) is 0 Å². The summed E-state index contributed by atoms with van der Waals surface area (Å²) in [5.74, 6) is 0.486. The van der Waals surface area contributed by atoms with E-state index in [0.29, 0.717) is 35.5 Å². The first-order valence-corrected chi connectivity index (χ1v) is 6.12. The fraction of sp³-hybridized carbons (Fsp3) is 0.273. The van der Waals surface area contributed by atoms with Gasteiger partial charge < -0.3 is 10.5 Å². The van der Waals surface area contributed by atoms with Gasteiger partial charge >= 0.3 is 0 Å². The Morgan fingerprint density at radius 2 is 2.00 bits per heavy atom. The maximum atomic E-state index is 5.98. The lowest BCUT2D eigenvalue weighted by Gasteiger charge is -2.09. The molecule has 2 N–H and O–H groups in total. The maximum absolute atomic E-state index is 5.98. The molecule has 0 bridgehead atoms. The van der Waals surface area contributed by atoms with Gasteiger partial charge in [-0.2, -0.15) is 0 Å². The second-order valence-electron chi connectivity index (χ2n) is 3.58. The van der Waals surface area contributed by atoms with Crippen molar-refractivity contribution in [1.82, 2.24) is 15.0 Å². The quantitative estimate of drug-likeness (QED) is 0.914. The van der Waals surface area contributed by atoms with E-state index in [1.54, 1.807) is 29.1 Å². The Hall–Kier alpha value is -1.30. The van der Waals surface area contributed by atoms with Crippen LogP contribution in [0.5, 0.6) is 5.75 Å². The van der Waals surface area contributed by atoms with Gasteiger partial charge in [0.15, 0.2) is 5.75 Å². The van der Waals surface area contributed by atoms with Crippen LogP contribution in [0, 0.1) is 0 Å². The molecule has 2 aromatic rings. The van der Waals surface area contributed by atoms with Crippen molar-refractivity contribution >= 4 is 23.2 Å². The van der Waals surface area contributed by atoms with E-state index < -0.39 is 0 Å². The Kier molecular flexibility index (Phi) is 4.41. The van der Waals surface area contributed by atoms with E-state index in [1.807, 2.05) is 0 Å². The molecule has 5 nitrogen and oxygen atoms in total. The molecule has 0 spiro atoms. The Morgan fingerprint density at radius 3 is 2.61 bits per heavy atom. The molecule has 2 rings (SSSR count). The molecule has 96 valence electrons. The zero-order valence-corrected chi connectivity index (χ0v) is 11.0. The van der Waals surface area contributed by atoms with Crippen LogP contribution in [0.25, 0.3) is 0 Å². The maximum Gasteiger partial charge on any atom is 0.156 e. The number of halogens is 2. The van der Waals surface area contributed by atoms with Gasteiger partial charge in [-0.1, -0.05) is 34.5 Å². The first kappa shape index (κ1) is 13.1. The summed E-state index contributed by atoms with van der Waals surface area (Å²) in [4.78, 5) is 0. The molecular weight excluding hydrogens is 275 g/mol. The summed E-state index contributed by atoms with van der Waals surface area (Å²) in [5, 5.41) is 8.76. The molecule has 0 aliphatic carbocycles. The van der Waals surface area contributed by atoms with Crippen molar-refractivity contribution in [2.24, 2.45) is 5.73 Å². The number of para-hydroxylation sites is 1. The minimum Gasteiger partial charge on any atom is -0.489 e. The van der Waals surface area contributed by atoms with Gasteiger partial charge in [-0.15, -0.1) is 5.10 Å². The monoisotopic (exact) mass is 286 g/mol. The van der Waals surface area contributed by atoms with E-state index in [-0.39, 0.29) is 0 Å². The molecule has 1 aromatic heterocycles. The van der Waals surface area contributed by atoms with Crippen molar-refractivity contribution in [2.75, 3.05) is 6.61 Å². The lowest BCUT2D eigenvalue weighted by Crippen LogP contribution is -2.09. The Morgan fingerprint density at radius 1 is 1.28 bits per heavy atom. The first-order chi connectivity index (χ1) is 8.70. The Balaban J connectivity index is 1.92. The van der Waals surface area contributed by atoms with E-state index in [9.17, 15) is 0 Å². The van der Waals surface area contributed by atoms with Gasteiger partial charge in [0.25, 0.3) is 0 Å². The van der Waals surface area contributed by atoms with E-state index in [0.717, 1.165) is 5.69 Å². The van der Waals surface area contributed by atoms with Crippen molar-refractivity contribution in [3.8, 4) is 5.75 Å². The molecule has 0 saturated heterocycles. The second kappa shape index (κ2) is 6.04. The molecule has 18 heavy (non-hydrogen) atoms. The van der Waals surface area contributed by atoms with Crippen LogP contribution in [0.3, 0.4) is 0 Å². The normalized spacial score (nSPS) is 10.6. The molecule has 7 heteroatoms. The molecule has 0 aliphatic heterocycles. The number of ether oxygens (including phenoxy) is 1. The highest BCUT2D eigenvalue weighted by Crippen LogP contribution is 2.32. The third-order valence-corrected chi connectivity index (χ3v) is 2.88. The van der Waals surface area contributed by atoms with Crippen LogP contribution in [0.2, 0.25) is 10.0 Å². The van der Waals surface area contributed by atoms with Gasteiger partial charge in [-0.05, 0) is 12.1 Å². The molecule has 1 heterocycles. The van der Waals surface area contributed by atoms with Gasteiger partial charge in [0.1, 0.15) is 6.61 Å². The van der Waals surface area contributed by atoms with Gasteiger partial charge in [0.2, 0.25) is 0 Å². The average Bonchev–Trinajstić information content (AvgIpc) is 2.81. The van der Waals surface area contributed by atoms with Crippen LogP contribution in [0.15, 0.2) is 24.4 Å². The fourth-order valence-corrected chi connectivity index (χ4v) is 1.91. The van der Waals surface area contributed by atoms with Crippen molar-refractivity contribution in [1.29, 1.82) is 0 Å². The molecule has 0 radical (unpaired) electrons. The minimum absolute atomic E-state index is 0.372. The number of nitrogens with zero attached hydrogens (tertiary/aromatic N) is 3. The lowest BCUT2D eigenvalue weighted by atomic mass is 10.3. The molecule has 0 atom stereocenters. The van der Waals surface area contributed by atoms with Crippen LogP contribution in [-0.4, -0.2) is 21.6 Å². The van der Waals surface area contributed by atoms with Crippen molar-refractivity contribution in [3.05, 3.63) is 40.1 Å². The van der Waals surface area contributed by atoms with Gasteiger partial charge in [0, 0.05) is 12.7 Å². The van der Waals surface area contributed by atoms with Crippen LogP contribution in [0.4, 0.5) is 0 Å². The number of hydrogen-bond donors (Lipinski definition) is 1. The third kappa shape index (κ3) is 3.13. The predicted octanol–water partition coefficient (Wildman–Crippen LogP) is 2.12. The number of hydrogen-bond acceptors (Lipinski definition) is 4.